The van der Waals surface area contributed by atoms with Gasteiger partial charge in [0.2, 0.25) is 0 Å². The summed E-state index contributed by atoms with van der Waals surface area (Å²) in [4.78, 5) is 0. The van der Waals surface area contributed by atoms with Crippen LogP contribution in [0.4, 0.5) is 0 Å². The van der Waals surface area contributed by atoms with E-state index >= 15 is 0 Å². The first-order valence-electron chi connectivity index (χ1n) is 4.62. The van der Waals surface area contributed by atoms with Crippen LogP contribution in [0.3, 0.4) is 0 Å². The zero-order valence-electron chi connectivity index (χ0n) is 8.30. The van der Waals surface area contributed by atoms with E-state index in [-0.39, 0.29) is 31.4 Å². The standard InChI is InChI=1S/C8H14N4O.2ClH/c13-6-8-5-12(11-10-8)4-7-2-1-3-9-7;;/h5,7,9,13H,1-4,6H2;2*1H. The van der Waals surface area contributed by atoms with Crippen molar-refractivity contribution in [3.63, 3.8) is 0 Å². The molecule has 0 amide bonds. The van der Waals surface area contributed by atoms with Crippen LogP contribution in [0.15, 0.2) is 6.20 Å². The lowest BCUT2D eigenvalue weighted by molar-refractivity contribution is 0.276. The van der Waals surface area contributed by atoms with Gasteiger partial charge < -0.3 is 10.4 Å². The van der Waals surface area contributed by atoms with Crippen LogP contribution in [-0.2, 0) is 13.2 Å². The molecule has 2 N–H and O–H groups in total. The summed E-state index contributed by atoms with van der Waals surface area (Å²) in [6.07, 6.45) is 4.24. The minimum Gasteiger partial charge on any atom is -0.390 e. The van der Waals surface area contributed by atoms with Crippen LogP contribution in [0, 0.1) is 0 Å². The molecule has 0 spiro atoms. The maximum absolute atomic E-state index is 8.78. The fourth-order valence-electron chi connectivity index (χ4n) is 1.64. The van der Waals surface area contributed by atoms with E-state index in [0.29, 0.717) is 11.7 Å². The Balaban J connectivity index is 0.000000980. The molecular formula is C8H16Cl2N4O. The first kappa shape index (κ1) is 14.6. The molecule has 0 bridgehead atoms. The number of aromatic nitrogens is 3. The maximum atomic E-state index is 8.78. The van der Waals surface area contributed by atoms with Gasteiger partial charge in [-0.05, 0) is 19.4 Å². The lowest BCUT2D eigenvalue weighted by atomic mass is 10.2. The van der Waals surface area contributed by atoms with Crippen molar-refractivity contribution in [3.8, 4) is 0 Å². The lowest BCUT2D eigenvalue weighted by Crippen LogP contribution is -2.26. The Morgan fingerprint density at radius 3 is 2.87 bits per heavy atom. The van der Waals surface area contributed by atoms with Gasteiger partial charge in [-0.1, -0.05) is 5.21 Å². The van der Waals surface area contributed by atoms with Gasteiger partial charge in [-0.25, -0.2) is 0 Å². The van der Waals surface area contributed by atoms with Crippen LogP contribution >= 0.6 is 24.8 Å². The van der Waals surface area contributed by atoms with E-state index in [1.54, 1.807) is 10.9 Å². The molecule has 2 rings (SSSR count). The normalized spacial score (nSPS) is 19.4. The third-order valence-corrected chi connectivity index (χ3v) is 2.32. The van der Waals surface area contributed by atoms with E-state index < -0.39 is 0 Å². The zero-order valence-corrected chi connectivity index (χ0v) is 9.93. The highest BCUT2D eigenvalue weighted by atomic mass is 35.5. The Hall–Kier alpha value is -0.360. The number of hydrogen-bond acceptors (Lipinski definition) is 4. The molecule has 0 aliphatic carbocycles. The molecule has 1 unspecified atom stereocenters. The summed E-state index contributed by atoms with van der Waals surface area (Å²) in [6.45, 7) is 1.93. The smallest absolute Gasteiger partial charge is 0.108 e. The molecule has 88 valence electrons. The average Bonchev–Trinajstić information content (AvgIpc) is 2.76. The highest BCUT2D eigenvalue weighted by Crippen LogP contribution is 2.06. The molecule has 2 heterocycles. The van der Waals surface area contributed by atoms with Crippen molar-refractivity contribution in [1.29, 1.82) is 0 Å². The van der Waals surface area contributed by atoms with Gasteiger partial charge in [0.15, 0.2) is 0 Å². The minimum absolute atomic E-state index is 0. The van der Waals surface area contributed by atoms with Crippen molar-refractivity contribution < 1.29 is 5.11 Å². The molecule has 1 fully saturated rings. The van der Waals surface area contributed by atoms with Crippen molar-refractivity contribution in [1.82, 2.24) is 20.3 Å². The topological polar surface area (TPSA) is 63.0 Å². The number of aliphatic hydroxyl groups excluding tert-OH is 1. The predicted molar refractivity (Wildman–Crippen MR) is 61.5 cm³/mol. The van der Waals surface area contributed by atoms with Crippen molar-refractivity contribution in [2.45, 2.75) is 32.0 Å². The summed E-state index contributed by atoms with van der Waals surface area (Å²) in [5, 5.41) is 19.9. The number of nitrogens with zero attached hydrogens (tertiary/aromatic N) is 3. The molecule has 0 aromatic carbocycles. The molecule has 0 radical (unpaired) electrons. The third-order valence-electron chi connectivity index (χ3n) is 2.32. The van der Waals surface area contributed by atoms with Crippen molar-refractivity contribution in [2.75, 3.05) is 6.54 Å². The van der Waals surface area contributed by atoms with E-state index in [9.17, 15) is 0 Å². The highest BCUT2D eigenvalue weighted by molar-refractivity contribution is 5.85. The summed E-state index contributed by atoms with van der Waals surface area (Å²) >= 11 is 0. The van der Waals surface area contributed by atoms with E-state index in [1.807, 2.05) is 0 Å². The van der Waals surface area contributed by atoms with Gasteiger partial charge >= 0.3 is 0 Å². The summed E-state index contributed by atoms with van der Waals surface area (Å²) in [6, 6.07) is 0.522. The molecule has 5 nitrogen and oxygen atoms in total. The van der Waals surface area contributed by atoms with Gasteiger partial charge in [-0.3, -0.25) is 4.68 Å². The molecule has 7 heteroatoms. The summed E-state index contributed by atoms with van der Waals surface area (Å²) in [7, 11) is 0. The first-order valence-corrected chi connectivity index (χ1v) is 4.62. The van der Waals surface area contributed by atoms with Crippen LogP contribution < -0.4 is 5.32 Å². The van der Waals surface area contributed by atoms with Gasteiger partial charge in [-0.15, -0.1) is 29.9 Å². The minimum atomic E-state index is -0.0297. The Morgan fingerprint density at radius 1 is 1.53 bits per heavy atom. The largest absolute Gasteiger partial charge is 0.390 e. The summed E-state index contributed by atoms with van der Waals surface area (Å²) in [5.74, 6) is 0. The van der Waals surface area contributed by atoms with Gasteiger partial charge in [0.1, 0.15) is 5.69 Å². The fraction of sp³-hybridized carbons (Fsp3) is 0.750. The average molecular weight is 255 g/mol. The molecule has 1 aliphatic rings. The van der Waals surface area contributed by atoms with Crippen LogP contribution in [0.25, 0.3) is 0 Å². The molecule has 1 aliphatic heterocycles. The maximum Gasteiger partial charge on any atom is 0.108 e. The third kappa shape index (κ3) is 3.95. The van der Waals surface area contributed by atoms with Crippen LogP contribution in [0.1, 0.15) is 18.5 Å². The fourth-order valence-corrected chi connectivity index (χ4v) is 1.64. The Kier molecular flexibility index (Phi) is 6.84. The number of aliphatic hydroxyl groups is 1. The molecule has 1 aromatic heterocycles. The Labute approximate surface area is 101 Å². The van der Waals surface area contributed by atoms with Gasteiger partial charge in [0, 0.05) is 6.04 Å². The Bertz CT molecular complexity index is 275. The van der Waals surface area contributed by atoms with Gasteiger partial charge in [0.05, 0.1) is 19.3 Å². The van der Waals surface area contributed by atoms with E-state index in [1.165, 1.54) is 12.8 Å². The number of halogens is 2. The Morgan fingerprint density at radius 2 is 2.33 bits per heavy atom. The van der Waals surface area contributed by atoms with Crippen LogP contribution in [0.2, 0.25) is 0 Å². The number of hydrogen-bond donors (Lipinski definition) is 2. The molecular weight excluding hydrogens is 239 g/mol. The molecule has 1 aromatic rings. The molecule has 1 saturated heterocycles. The van der Waals surface area contributed by atoms with Crippen molar-refractivity contribution in [3.05, 3.63) is 11.9 Å². The first-order chi connectivity index (χ1) is 6.38. The monoisotopic (exact) mass is 254 g/mol. The predicted octanol–water partition coefficient (Wildman–Crippen LogP) is 0.366. The van der Waals surface area contributed by atoms with E-state index in [4.69, 9.17) is 5.11 Å². The van der Waals surface area contributed by atoms with Crippen molar-refractivity contribution >= 4 is 24.8 Å². The van der Waals surface area contributed by atoms with Gasteiger partial charge in [0.25, 0.3) is 0 Å². The number of rotatable bonds is 3. The zero-order chi connectivity index (χ0) is 9.10. The van der Waals surface area contributed by atoms with E-state index in [0.717, 1.165) is 13.1 Å². The highest BCUT2D eigenvalue weighted by Gasteiger charge is 2.14. The second-order valence-corrected chi connectivity index (χ2v) is 3.38. The SMILES string of the molecule is Cl.Cl.OCc1cn(CC2CCCN2)nn1. The molecule has 1 atom stereocenters. The number of nitrogens with one attached hydrogen (secondary N) is 1. The second-order valence-electron chi connectivity index (χ2n) is 3.38. The van der Waals surface area contributed by atoms with Crippen LogP contribution in [0.5, 0.6) is 0 Å². The second kappa shape index (κ2) is 7.00. The van der Waals surface area contributed by atoms with Gasteiger partial charge in [-0.2, -0.15) is 0 Å². The van der Waals surface area contributed by atoms with Crippen molar-refractivity contribution in [2.24, 2.45) is 0 Å². The summed E-state index contributed by atoms with van der Waals surface area (Å²) in [5.41, 5.74) is 0.637. The molecule has 15 heavy (non-hydrogen) atoms. The summed E-state index contributed by atoms with van der Waals surface area (Å²) < 4.78 is 1.79. The quantitative estimate of drug-likeness (QED) is 0.819. The molecule has 0 saturated carbocycles. The lowest BCUT2D eigenvalue weighted by Gasteiger charge is -2.08. The van der Waals surface area contributed by atoms with E-state index in [2.05, 4.69) is 15.6 Å². The van der Waals surface area contributed by atoms with Crippen LogP contribution in [-0.4, -0.2) is 32.7 Å².